The topological polar surface area (TPSA) is 117 Å². The lowest BCUT2D eigenvalue weighted by atomic mass is 9.97. The summed E-state index contributed by atoms with van der Waals surface area (Å²) >= 11 is 0. The molecular formula is C28H31F5N4O7. The van der Waals surface area contributed by atoms with Gasteiger partial charge in [0, 0.05) is 32.1 Å². The van der Waals surface area contributed by atoms with Crippen LogP contribution < -0.4 is 9.64 Å². The highest BCUT2D eigenvalue weighted by molar-refractivity contribution is 5.87. The molecule has 0 spiro atoms. The van der Waals surface area contributed by atoms with Crippen molar-refractivity contribution in [2.75, 3.05) is 25.7 Å². The molecule has 240 valence electrons. The van der Waals surface area contributed by atoms with Gasteiger partial charge in [-0.2, -0.15) is 22.0 Å². The zero-order valence-electron chi connectivity index (χ0n) is 24.1. The SMILES string of the molecule is CCCO[C@@H]1[C@@H](OC)[C@H](C)O[C@H](N(C(=O)O)c2ccc(-c3ncn(-c4ccc(OC(F)(F)C(F)(F)F)cc4)n3)cc2)[C@@H]1OC. The van der Waals surface area contributed by atoms with E-state index in [2.05, 4.69) is 14.8 Å². The number of hydrogen-bond donors (Lipinski definition) is 1. The van der Waals surface area contributed by atoms with Crippen molar-refractivity contribution < 1.29 is 55.5 Å². The number of methoxy groups -OCH3 is 2. The molecule has 0 saturated carbocycles. The first kappa shape index (κ1) is 33.0. The first-order chi connectivity index (χ1) is 20.8. The molecule has 44 heavy (non-hydrogen) atoms. The molecule has 5 atom stereocenters. The van der Waals surface area contributed by atoms with Crippen molar-refractivity contribution in [1.82, 2.24) is 14.8 Å². The Kier molecular flexibility index (Phi) is 10.1. The largest absolute Gasteiger partial charge is 0.499 e. The number of rotatable bonds is 11. The highest BCUT2D eigenvalue weighted by atomic mass is 19.4. The fourth-order valence-corrected chi connectivity index (χ4v) is 4.75. The van der Waals surface area contributed by atoms with Crippen LogP contribution in [0.1, 0.15) is 20.3 Å². The van der Waals surface area contributed by atoms with Crippen LogP contribution >= 0.6 is 0 Å². The predicted molar refractivity (Wildman–Crippen MR) is 145 cm³/mol. The molecule has 16 heteroatoms. The molecule has 0 radical (unpaired) electrons. The standard InChI is InChI=1S/C28H31F5N4O7/c1-5-14-42-22-21(40-3)16(2)43-25(23(22)41-4)37(26(38)39)19-8-6-17(7-9-19)24-34-15-36(35-24)18-10-12-20(13-11-18)44-28(32,33)27(29,30)31/h6-13,15-16,21-23,25H,5,14H2,1-4H3,(H,38,39)/t16-,21-,22+,23+,25-/m0/s1. The molecule has 0 unspecified atom stereocenters. The minimum Gasteiger partial charge on any atom is -0.465 e. The number of carbonyl (C=O) groups is 1. The van der Waals surface area contributed by atoms with Crippen molar-refractivity contribution in [3.63, 3.8) is 0 Å². The van der Waals surface area contributed by atoms with E-state index in [1.54, 1.807) is 31.2 Å². The second kappa shape index (κ2) is 13.4. The van der Waals surface area contributed by atoms with E-state index in [1.165, 1.54) is 37.4 Å². The Balaban J connectivity index is 1.53. The lowest BCUT2D eigenvalue weighted by Crippen LogP contribution is -2.64. The number of anilines is 1. The Morgan fingerprint density at radius 1 is 1.00 bits per heavy atom. The van der Waals surface area contributed by atoms with Gasteiger partial charge >= 0.3 is 18.4 Å². The van der Waals surface area contributed by atoms with E-state index in [-0.39, 0.29) is 11.5 Å². The maximum atomic E-state index is 13.2. The summed E-state index contributed by atoms with van der Waals surface area (Å²) in [4.78, 5) is 17.7. The monoisotopic (exact) mass is 630 g/mol. The van der Waals surface area contributed by atoms with Crippen LogP contribution in [0, 0.1) is 0 Å². The highest BCUT2D eigenvalue weighted by Gasteiger charge is 2.61. The normalized spacial score (nSPS) is 22.5. The minimum atomic E-state index is -5.87. The number of alkyl halides is 5. The van der Waals surface area contributed by atoms with Crippen LogP contribution in [0.15, 0.2) is 54.9 Å². The quantitative estimate of drug-likeness (QED) is 0.273. The zero-order chi connectivity index (χ0) is 32.2. The Bertz CT molecular complexity index is 1390. The Labute approximate surface area is 249 Å². The van der Waals surface area contributed by atoms with Crippen LogP contribution in [0.5, 0.6) is 5.75 Å². The summed E-state index contributed by atoms with van der Waals surface area (Å²) in [6, 6.07) is 10.6. The molecule has 1 aromatic heterocycles. The van der Waals surface area contributed by atoms with Crippen LogP contribution in [-0.2, 0) is 18.9 Å². The van der Waals surface area contributed by atoms with E-state index in [0.29, 0.717) is 17.9 Å². The zero-order valence-corrected chi connectivity index (χ0v) is 24.1. The highest BCUT2D eigenvalue weighted by Crippen LogP contribution is 2.37. The Morgan fingerprint density at radius 2 is 1.64 bits per heavy atom. The van der Waals surface area contributed by atoms with Gasteiger partial charge in [0.15, 0.2) is 12.1 Å². The van der Waals surface area contributed by atoms with Crippen LogP contribution in [0.2, 0.25) is 0 Å². The lowest BCUT2D eigenvalue weighted by Gasteiger charge is -2.47. The average molecular weight is 631 g/mol. The summed E-state index contributed by atoms with van der Waals surface area (Å²) in [6.07, 6.45) is -13.9. The molecule has 0 aliphatic carbocycles. The summed E-state index contributed by atoms with van der Waals surface area (Å²) in [5.41, 5.74) is 1.09. The molecule has 2 heterocycles. The average Bonchev–Trinajstić information content (AvgIpc) is 3.46. The van der Waals surface area contributed by atoms with Gasteiger partial charge in [0.1, 0.15) is 30.4 Å². The Hall–Kier alpha value is -3.86. The smallest absolute Gasteiger partial charge is 0.465 e. The molecule has 2 aromatic carbocycles. The first-order valence-corrected chi connectivity index (χ1v) is 13.4. The van der Waals surface area contributed by atoms with E-state index in [0.717, 1.165) is 23.5 Å². The number of nitrogens with zero attached hydrogens (tertiary/aromatic N) is 4. The van der Waals surface area contributed by atoms with Gasteiger partial charge in [0.05, 0.1) is 11.8 Å². The summed E-state index contributed by atoms with van der Waals surface area (Å²) in [6.45, 7) is 4.12. The minimum absolute atomic E-state index is 0.232. The molecule has 3 aromatic rings. The summed E-state index contributed by atoms with van der Waals surface area (Å²) in [5, 5.41) is 14.5. The summed E-state index contributed by atoms with van der Waals surface area (Å²) < 4.78 is 92.0. The summed E-state index contributed by atoms with van der Waals surface area (Å²) in [7, 11) is 2.96. The first-order valence-electron chi connectivity index (χ1n) is 13.4. The number of halogens is 5. The number of benzene rings is 2. The molecule has 1 fully saturated rings. The van der Waals surface area contributed by atoms with Crippen molar-refractivity contribution in [2.24, 2.45) is 0 Å². The number of ether oxygens (including phenoxy) is 5. The third kappa shape index (κ3) is 6.93. The van der Waals surface area contributed by atoms with Gasteiger partial charge in [-0.05, 0) is 61.9 Å². The molecule has 0 bridgehead atoms. The van der Waals surface area contributed by atoms with Crippen LogP contribution in [0.4, 0.5) is 32.4 Å². The van der Waals surface area contributed by atoms with Gasteiger partial charge in [0.2, 0.25) is 0 Å². The van der Waals surface area contributed by atoms with Crippen molar-refractivity contribution in [1.29, 1.82) is 0 Å². The maximum Gasteiger partial charge on any atom is 0.499 e. The van der Waals surface area contributed by atoms with Gasteiger partial charge < -0.3 is 28.8 Å². The fourth-order valence-electron chi connectivity index (χ4n) is 4.75. The van der Waals surface area contributed by atoms with E-state index in [1.807, 2.05) is 6.92 Å². The molecule has 1 saturated heterocycles. The number of aromatic nitrogens is 3. The van der Waals surface area contributed by atoms with Crippen molar-refractivity contribution in [3.8, 4) is 22.8 Å². The third-order valence-electron chi connectivity index (χ3n) is 6.84. The van der Waals surface area contributed by atoms with Crippen molar-refractivity contribution in [2.45, 2.75) is 63.2 Å². The third-order valence-corrected chi connectivity index (χ3v) is 6.84. The van der Waals surface area contributed by atoms with E-state index in [4.69, 9.17) is 18.9 Å². The van der Waals surface area contributed by atoms with Crippen molar-refractivity contribution >= 4 is 11.8 Å². The molecule has 1 aliphatic heterocycles. The van der Waals surface area contributed by atoms with Gasteiger partial charge in [0.25, 0.3) is 0 Å². The van der Waals surface area contributed by atoms with Crippen molar-refractivity contribution in [3.05, 3.63) is 54.9 Å². The maximum absolute atomic E-state index is 13.2. The van der Waals surface area contributed by atoms with Crippen LogP contribution in [0.25, 0.3) is 17.1 Å². The molecular weight excluding hydrogens is 599 g/mol. The van der Waals surface area contributed by atoms with Crippen LogP contribution in [-0.4, -0.2) is 89.7 Å². The second-order valence-electron chi connectivity index (χ2n) is 9.79. The van der Waals surface area contributed by atoms with Gasteiger partial charge in [-0.3, -0.25) is 0 Å². The van der Waals surface area contributed by atoms with E-state index in [9.17, 15) is 31.9 Å². The Morgan fingerprint density at radius 3 is 2.18 bits per heavy atom. The molecule has 1 N–H and O–H groups in total. The van der Waals surface area contributed by atoms with Gasteiger partial charge in [-0.1, -0.05) is 6.92 Å². The molecule has 4 rings (SSSR count). The van der Waals surface area contributed by atoms with Gasteiger partial charge in [-0.15, -0.1) is 5.10 Å². The van der Waals surface area contributed by atoms with Crippen LogP contribution in [0.3, 0.4) is 0 Å². The molecule has 1 amide bonds. The number of amides is 1. The lowest BCUT2D eigenvalue weighted by molar-refractivity contribution is -0.360. The fraction of sp³-hybridized carbons (Fsp3) is 0.464. The molecule has 11 nitrogen and oxygen atoms in total. The summed E-state index contributed by atoms with van der Waals surface area (Å²) in [5.74, 6) is -0.460. The second-order valence-corrected chi connectivity index (χ2v) is 9.79. The predicted octanol–water partition coefficient (Wildman–Crippen LogP) is 5.52. The number of hydrogen-bond acceptors (Lipinski definition) is 8. The number of carboxylic acid groups (broad SMARTS) is 1. The van der Waals surface area contributed by atoms with E-state index >= 15 is 0 Å². The molecule has 1 aliphatic rings. The van der Waals surface area contributed by atoms with Gasteiger partial charge in [-0.25, -0.2) is 19.4 Å². The van der Waals surface area contributed by atoms with E-state index < -0.39 is 54.8 Å².